The van der Waals surface area contributed by atoms with Gasteiger partial charge in [0.2, 0.25) is 5.91 Å². The number of thiazole rings is 1. The van der Waals surface area contributed by atoms with Crippen LogP contribution >= 0.6 is 11.3 Å². The predicted molar refractivity (Wildman–Crippen MR) is 69.0 cm³/mol. The number of carbonyl (C=O) groups is 1. The van der Waals surface area contributed by atoms with Gasteiger partial charge in [-0.25, -0.2) is 4.98 Å². The molecule has 2 fully saturated rings. The molecule has 4 heteroatoms. The molecule has 1 aromatic heterocycles. The van der Waals surface area contributed by atoms with E-state index in [-0.39, 0.29) is 5.91 Å². The molecule has 1 aromatic rings. The maximum Gasteiger partial charge on any atom is 0.226 e. The number of rotatable bonds is 3. The molecule has 3 atom stereocenters. The summed E-state index contributed by atoms with van der Waals surface area (Å²) >= 11 is 1.51. The van der Waals surface area contributed by atoms with Crippen molar-refractivity contribution in [3.05, 3.63) is 11.1 Å². The van der Waals surface area contributed by atoms with Gasteiger partial charge in [0.05, 0.1) is 5.69 Å². The van der Waals surface area contributed by atoms with Crippen LogP contribution in [0.1, 0.15) is 37.8 Å². The van der Waals surface area contributed by atoms with Crippen molar-refractivity contribution in [3.63, 3.8) is 0 Å². The maximum atomic E-state index is 11.9. The minimum atomic E-state index is 0.150. The Labute approximate surface area is 106 Å². The van der Waals surface area contributed by atoms with Crippen LogP contribution in [0.4, 0.5) is 5.13 Å². The van der Waals surface area contributed by atoms with Crippen molar-refractivity contribution in [2.75, 3.05) is 5.32 Å². The predicted octanol–water partition coefficient (Wildman–Crippen LogP) is 3.22. The highest BCUT2D eigenvalue weighted by atomic mass is 32.1. The molecule has 2 bridgehead atoms. The normalized spacial score (nSPS) is 30.8. The number of anilines is 1. The third kappa shape index (κ3) is 2.37. The molecule has 0 aliphatic heterocycles. The first kappa shape index (κ1) is 11.2. The monoisotopic (exact) mass is 250 g/mol. The van der Waals surface area contributed by atoms with E-state index in [0.29, 0.717) is 12.3 Å². The fraction of sp³-hybridized carbons (Fsp3) is 0.692. The summed E-state index contributed by atoms with van der Waals surface area (Å²) in [4.78, 5) is 16.2. The van der Waals surface area contributed by atoms with E-state index >= 15 is 0 Å². The fourth-order valence-corrected chi connectivity index (χ4v) is 4.15. The van der Waals surface area contributed by atoms with Gasteiger partial charge in [0, 0.05) is 11.8 Å². The van der Waals surface area contributed by atoms with Crippen LogP contribution in [0.25, 0.3) is 0 Å². The van der Waals surface area contributed by atoms with Crippen molar-refractivity contribution in [2.45, 2.75) is 39.0 Å². The molecule has 1 N–H and O–H groups in total. The Morgan fingerprint density at radius 3 is 3.00 bits per heavy atom. The Bertz CT molecular complexity index is 429. The number of nitrogens with one attached hydrogen (secondary N) is 1. The first-order chi connectivity index (χ1) is 8.20. The maximum absolute atomic E-state index is 11.9. The van der Waals surface area contributed by atoms with E-state index < -0.39 is 0 Å². The third-order valence-corrected chi connectivity index (χ3v) is 5.07. The number of aromatic nitrogens is 1. The second kappa shape index (κ2) is 4.41. The molecule has 3 rings (SSSR count). The number of aryl methyl sites for hydroxylation is 1. The molecule has 17 heavy (non-hydrogen) atoms. The van der Waals surface area contributed by atoms with E-state index in [0.717, 1.165) is 22.7 Å². The van der Waals surface area contributed by atoms with Crippen LogP contribution < -0.4 is 5.32 Å². The molecule has 0 unspecified atom stereocenters. The second-order valence-corrected chi connectivity index (χ2v) is 6.34. The van der Waals surface area contributed by atoms with Gasteiger partial charge < -0.3 is 5.32 Å². The number of nitrogens with zero attached hydrogens (tertiary/aromatic N) is 1. The Hall–Kier alpha value is -0.900. The highest BCUT2D eigenvalue weighted by Crippen LogP contribution is 2.49. The Balaban J connectivity index is 1.54. The summed E-state index contributed by atoms with van der Waals surface area (Å²) < 4.78 is 0. The van der Waals surface area contributed by atoms with Gasteiger partial charge in [-0.05, 0) is 43.9 Å². The smallest absolute Gasteiger partial charge is 0.226 e. The lowest BCUT2D eigenvalue weighted by Gasteiger charge is -2.20. The zero-order valence-corrected chi connectivity index (χ0v) is 10.9. The van der Waals surface area contributed by atoms with Crippen LogP contribution in [0.5, 0.6) is 0 Å². The lowest BCUT2D eigenvalue weighted by atomic mass is 9.86. The molecule has 2 aliphatic carbocycles. The molecule has 3 nitrogen and oxygen atoms in total. The van der Waals surface area contributed by atoms with Crippen molar-refractivity contribution in [1.82, 2.24) is 4.98 Å². The van der Waals surface area contributed by atoms with Crippen molar-refractivity contribution in [3.8, 4) is 0 Å². The van der Waals surface area contributed by atoms with Gasteiger partial charge in [-0.15, -0.1) is 11.3 Å². The minimum Gasteiger partial charge on any atom is -0.302 e. The summed E-state index contributed by atoms with van der Waals surface area (Å²) in [7, 11) is 0. The lowest BCUT2D eigenvalue weighted by Crippen LogP contribution is -2.20. The van der Waals surface area contributed by atoms with Gasteiger partial charge in [-0.3, -0.25) is 4.79 Å². The topological polar surface area (TPSA) is 42.0 Å². The van der Waals surface area contributed by atoms with E-state index in [1.54, 1.807) is 0 Å². The molecule has 0 saturated heterocycles. The molecule has 1 amide bonds. The summed E-state index contributed by atoms with van der Waals surface area (Å²) in [6, 6.07) is 0. The highest BCUT2D eigenvalue weighted by Gasteiger charge is 2.40. The SMILES string of the molecule is Cc1csc(NC(=O)C[C@H]2C[C@@H]3CC[C@@H]2C3)n1. The lowest BCUT2D eigenvalue weighted by molar-refractivity contribution is -0.117. The number of carbonyl (C=O) groups excluding carboxylic acids is 1. The van der Waals surface area contributed by atoms with Gasteiger partial charge in [0.15, 0.2) is 5.13 Å². The molecule has 2 aliphatic rings. The summed E-state index contributed by atoms with van der Waals surface area (Å²) in [5.41, 5.74) is 0.977. The van der Waals surface area contributed by atoms with Crippen molar-refractivity contribution >= 4 is 22.4 Å². The highest BCUT2D eigenvalue weighted by molar-refractivity contribution is 7.13. The van der Waals surface area contributed by atoms with Crippen LogP contribution in [0, 0.1) is 24.7 Å². The number of hydrogen-bond acceptors (Lipinski definition) is 3. The first-order valence-corrected chi connectivity index (χ1v) is 7.30. The molecule has 0 aromatic carbocycles. The van der Waals surface area contributed by atoms with Crippen molar-refractivity contribution in [1.29, 1.82) is 0 Å². The molecule has 1 heterocycles. The summed E-state index contributed by atoms with van der Waals surface area (Å²) in [5.74, 6) is 2.52. The summed E-state index contributed by atoms with van der Waals surface area (Å²) in [6.07, 6.45) is 6.08. The second-order valence-electron chi connectivity index (χ2n) is 5.48. The molecular weight excluding hydrogens is 232 g/mol. The number of fused-ring (bicyclic) bond motifs is 2. The van der Waals surface area contributed by atoms with Crippen LogP contribution in [0.3, 0.4) is 0 Å². The molecule has 92 valence electrons. The van der Waals surface area contributed by atoms with Crippen LogP contribution in [0.2, 0.25) is 0 Å². The zero-order chi connectivity index (χ0) is 11.8. The van der Waals surface area contributed by atoms with E-state index in [2.05, 4.69) is 10.3 Å². The fourth-order valence-electron chi connectivity index (χ4n) is 3.45. The van der Waals surface area contributed by atoms with Gasteiger partial charge >= 0.3 is 0 Å². The first-order valence-electron chi connectivity index (χ1n) is 6.42. The third-order valence-electron chi connectivity index (χ3n) is 4.20. The Kier molecular flexibility index (Phi) is 2.90. The van der Waals surface area contributed by atoms with Crippen LogP contribution in [-0.2, 0) is 4.79 Å². The van der Waals surface area contributed by atoms with E-state index in [4.69, 9.17) is 0 Å². The molecule has 0 radical (unpaired) electrons. The van der Waals surface area contributed by atoms with E-state index in [9.17, 15) is 4.79 Å². The van der Waals surface area contributed by atoms with Gasteiger partial charge in [0.25, 0.3) is 0 Å². The van der Waals surface area contributed by atoms with Gasteiger partial charge in [-0.2, -0.15) is 0 Å². The Morgan fingerprint density at radius 2 is 2.41 bits per heavy atom. The molecule has 2 saturated carbocycles. The average Bonchev–Trinajstić information content (AvgIpc) is 2.95. The minimum absolute atomic E-state index is 0.150. The molecule has 0 spiro atoms. The standard InChI is InChI=1S/C13H18N2OS/c1-8-7-17-13(14-8)15-12(16)6-11-5-9-2-3-10(11)4-9/h7,9-11H,2-6H2,1H3,(H,14,15,16)/t9-,10-,11-/m1/s1. The largest absolute Gasteiger partial charge is 0.302 e. The zero-order valence-electron chi connectivity index (χ0n) is 10.1. The van der Waals surface area contributed by atoms with Crippen molar-refractivity contribution < 1.29 is 4.79 Å². The number of hydrogen-bond donors (Lipinski definition) is 1. The van der Waals surface area contributed by atoms with E-state index in [1.165, 1.54) is 37.0 Å². The Morgan fingerprint density at radius 1 is 1.53 bits per heavy atom. The van der Waals surface area contributed by atoms with Crippen molar-refractivity contribution in [2.24, 2.45) is 17.8 Å². The van der Waals surface area contributed by atoms with Crippen LogP contribution in [-0.4, -0.2) is 10.9 Å². The number of amides is 1. The van der Waals surface area contributed by atoms with Gasteiger partial charge in [-0.1, -0.05) is 6.42 Å². The molecular formula is C13H18N2OS. The quantitative estimate of drug-likeness (QED) is 0.895. The van der Waals surface area contributed by atoms with E-state index in [1.807, 2.05) is 12.3 Å². The average molecular weight is 250 g/mol. The summed E-state index contributed by atoms with van der Waals surface area (Å²) in [5, 5.41) is 5.63. The summed E-state index contributed by atoms with van der Waals surface area (Å²) in [6.45, 7) is 1.95. The van der Waals surface area contributed by atoms with Gasteiger partial charge in [0.1, 0.15) is 0 Å². The van der Waals surface area contributed by atoms with Crippen LogP contribution in [0.15, 0.2) is 5.38 Å².